The molecule has 0 spiro atoms. The van der Waals surface area contributed by atoms with Crippen LogP contribution in [0.1, 0.15) is 42.7 Å². The molecule has 2 heterocycles. The number of carbonyl (C=O) groups is 2. The van der Waals surface area contributed by atoms with Crippen molar-refractivity contribution in [1.29, 1.82) is 0 Å². The van der Waals surface area contributed by atoms with Crippen molar-refractivity contribution in [2.45, 2.75) is 45.8 Å². The number of primary amides is 1. The number of rotatable bonds is 3. The lowest BCUT2D eigenvalue weighted by Gasteiger charge is -2.30. The topological polar surface area (TPSA) is 93.2 Å². The molecule has 0 saturated heterocycles. The summed E-state index contributed by atoms with van der Waals surface area (Å²) in [6.07, 6.45) is 2.05. The van der Waals surface area contributed by atoms with Gasteiger partial charge >= 0.3 is 6.03 Å². The van der Waals surface area contributed by atoms with Crippen LogP contribution < -0.4 is 11.1 Å². The monoisotopic (exact) mass is 445 g/mol. The van der Waals surface area contributed by atoms with E-state index in [0.717, 1.165) is 12.8 Å². The SMILES string of the molecule is CC1(C)C2CC(NC(=O)N3CCn4nc(-c5ccc(F)c(Cl)c5)c(C(N)=O)c4C3)CC21. The highest BCUT2D eigenvalue weighted by Gasteiger charge is 2.62. The average molecular weight is 446 g/mol. The van der Waals surface area contributed by atoms with E-state index in [1.807, 2.05) is 0 Å². The fourth-order valence-corrected chi connectivity index (χ4v) is 5.66. The predicted octanol–water partition coefficient (Wildman–Crippen LogP) is 3.40. The van der Waals surface area contributed by atoms with E-state index in [9.17, 15) is 14.0 Å². The highest BCUT2D eigenvalue weighted by Crippen LogP contribution is 2.66. The van der Waals surface area contributed by atoms with Gasteiger partial charge in [-0.1, -0.05) is 25.4 Å². The van der Waals surface area contributed by atoms with Crippen LogP contribution >= 0.6 is 11.6 Å². The summed E-state index contributed by atoms with van der Waals surface area (Å²) in [6.45, 7) is 5.75. The highest BCUT2D eigenvalue weighted by molar-refractivity contribution is 6.31. The van der Waals surface area contributed by atoms with Gasteiger partial charge in [0.05, 0.1) is 29.4 Å². The molecule has 0 bridgehead atoms. The molecular weight excluding hydrogens is 421 g/mol. The van der Waals surface area contributed by atoms with Crippen molar-refractivity contribution in [2.24, 2.45) is 23.0 Å². The second-order valence-electron chi connectivity index (χ2n) is 9.46. The minimum absolute atomic E-state index is 0.0577. The fraction of sp³-hybridized carbons (Fsp3) is 0.500. The summed E-state index contributed by atoms with van der Waals surface area (Å²) in [5.41, 5.74) is 7.76. The molecule has 7 nitrogen and oxygen atoms in total. The third-order valence-corrected chi connectivity index (χ3v) is 7.69. The Morgan fingerprint density at radius 1 is 1.26 bits per heavy atom. The van der Waals surface area contributed by atoms with Crippen molar-refractivity contribution < 1.29 is 14.0 Å². The lowest BCUT2D eigenvalue weighted by atomic mass is 9.98. The molecule has 3 amide bonds. The Kier molecular flexibility index (Phi) is 4.55. The van der Waals surface area contributed by atoms with E-state index in [-0.39, 0.29) is 29.2 Å². The summed E-state index contributed by atoms with van der Waals surface area (Å²) in [5, 5.41) is 7.62. The summed E-state index contributed by atoms with van der Waals surface area (Å²) in [4.78, 5) is 26.9. The predicted molar refractivity (Wildman–Crippen MR) is 114 cm³/mol. The van der Waals surface area contributed by atoms with Gasteiger partial charge in [0.15, 0.2) is 0 Å². The third-order valence-electron chi connectivity index (χ3n) is 7.40. The van der Waals surface area contributed by atoms with Gasteiger partial charge in [0.25, 0.3) is 5.91 Å². The second kappa shape index (κ2) is 6.95. The number of carbonyl (C=O) groups excluding carboxylic acids is 2. The second-order valence-corrected chi connectivity index (χ2v) is 9.87. The smallest absolute Gasteiger partial charge is 0.318 e. The summed E-state index contributed by atoms with van der Waals surface area (Å²) in [6, 6.07) is 4.25. The Morgan fingerprint density at radius 3 is 2.61 bits per heavy atom. The number of halogens is 2. The van der Waals surface area contributed by atoms with Crippen LogP contribution in [0.2, 0.25) is 5.02 Å². The molecule has 2 aliphatic carbocycles. The molecule has 2 fully saturated rings. The van der Waals surface area contributed by atoms with Crippen molar-refractivity contribution in [3.05, 3.63) is 40.3 Å². The Hall–Kier alpha value is -2.61. The van der Waals surface area contributed by atoms with Gasteiger partial charge in [0, 0.05) is 18.2 Å². The van der Waals surface area contributed by atoms with E-state index >= 15 is 0 Å². The van der Waals surface area contributed by atoms with Crippen molar-refractivity contribution in [2.75, 3.05) is 6.54 Å². The summed E-state index contributed by atoms with van der Waals surface area (Å²) in [7, 11) is 0. The molecule has 3 N–H and O–H groups in total. The van der Waals surface area contributed by atoms with E-state index in [0.29, 0.717) is 47.3 Å². The van der Waals surface area contributed by atoms with Gasteiger partial charge in [-0.3, -0.25) is 9.48 Å². The molecule has 164 valence electrons. The minimum atomic E-state index is -0.642. The fourth-order valence-electron chi connectivity index (χ4n) is 5.48. The third kappa shape index (κ3) is 3.28. The van der Waals surface area contributed by atoms with Crippen LogP contribution in [0.3, 0.4) is 0 Å². The van der Waals surface area contributed by atoms with Gasteiger partial charge in [-0.2, -0.15) is 5.10 Å². The van der Waals surface area contributed by atoms with Crippen LogP contribution in [0, 0.1) is 23.1 Å². The normalized spacial score (nSPS) is 25.7. The number of hydrogen-bond donors (Lipinski definition) is 2. The maximum atomic E-state index is 13.6. The molecule has 5 rings (SSSR count). The number of hydrogen-bond acceptors (Lipinski definition) is 3. The summed E-state index contributed by atoms with van der Waals surface area (Å²) < 4.78 is 15.3. The number of amides is 3. The first-order valence-corrected chi connectivity index (χ1v) is 10.9. The van der Waals surface area contributed by atoms with Crippen LogP contribution in [0.25, 0.3) is 11.3 Å². The van der Waals surface area contributed by atoms with Crippen molar-refractivity contribution in [3.63, 3.8) is 0 Å². The van der Waals surface area contributed by atoms with Gasteiger partial charge in [0.2, 0.25) is 0 Å². The Morgan fingerprint density at radius 2 is 1.97 bits per heavy atom. The van der Waals surface area contributed by atoms with Crippen LogP contribution in [-0.2, 0) is 13.1 Å². The summed E-state index contributed by atoms with van der Waals surface area (Å²) >= 11 is 5.91. The summed E-state index contributed by atoms with van der Waals surface area (Å²) in [5.74, 6) is 0.210. The lowest BCUT2D eigenvalue weighted by molar-refractivity contribution is 0.0997. The Labute approximate surface area is 184 Å². The van der Waals surface area contributed by atoms with E-state index in [4.69, 9.17) is 17.3 Å². The molecule has 2 aromatic rings. The molecule has 2 atom stereocenters. The number of nitrogens with one attached hydrogen (secondary N) is 1. The minimum Gasteiger partial charge on any atom is -0.365 e. The maximum Gasteiger partial charge on any atom is 0.318 e. The van der Waals surface area contributed by atoms with Crippen LogP contribution in [0.4, 0.5) is 9.18 Å². The number of nitrogens with two attached hydrogens (primary N) is 1. The van der Waals surface area contributed by atoms with E-state index in [2.05, 4.69) is 24.3 Å². The maximum absolute atomic E-state index is 13.6. The standard InChI is InChI=1S/C22H25ClFN5O2/c1-22(2)13-8-12(9-14(13)22)26-21(31)28-5-6-29-17(10-28)18(20(25)30)19(27-29)11-3-4-16(24)15(23)7-11/h3-4,7,12-14H,5-6,8-10H2,1-2H3,(H2,25,30)(H,26,31). The first kappa shape index (κ1) is 20.3. The number of aromatic nitrogens is 2. The van der Waals surface area contributed by atoms with Crippen molar-refractivity contribution >= 4 is 23.5 Å². The number of urea groups is 1. The van der Waals surface area contributed by atoms with Crippen molar-refractivity contribution in [3.8, 4) is 11.3 Å². The van der Waals surface area contributed by atoms with E-state index < -0.39 is 11.7 Å². The molecule has 2 saturated carbocycles. The van der Waals surface area contributed by atoms with Gasteiger partial charge in [0.1, 0.15) is 11.5 Å². The Balaban J connectivity index is 1.35. The molecule has 0 radical (unpaired) electrons. The molecule has 2 unspecified atom stereocenters. The van der Waals surface area contributed by atoms with Gasteiger partial charge < -0.3 is 16.0 Å². The number of fused-ring (bicyclic) bond motifs is 2. The average Bonchev–Trinajstić information content (AvgIpc) is 3.11. The lowest BCUT2D eigenvalue weighted by Crippen LogP contribution is -2.47. The van der Waals surface area contributed by atoms with Crippen LogP contribution in [0.5, 0.6) is 0 Å². The molecule has 1 aliphatic heterocycles. The molecule has 31 heavy (non-hydrogen) atoms. The van der Waals surface area contributed by atoms with E-state index in [1.165, 1.54) is 18.2 Å². The van der Waals surface area contributed by atoms with Crippen LogP contribution in [-0.4, -0.2) is 39.2 Å². The first-order valence-electron chi connectivity index (χ1n) is 10.6. The highest BCUT2D eigenvalue weighted by atomic mass is 35.5. The Bertz CT molecular complexity index is 1080. The quantitative estimate of drug-likeness (QED) is 0.758. The number of benzene rings is 1. The van der Waals surface area contributed by atoms with Gasteiger partial charge in [-0.15, -0.1) is 0 Å². The molecule has 1 aromatic heterocycles. The molecule has 1 aromatic carbocycles. The number of nitrogens with zero attached hydrogens (tertiary/aromatic N) is 3. The van der Waals surface area contributed by atoms with Gasteiger partial charge in [-0.25, -0.2) is 9.18 Å². The zero-order valence-electron chi connectivity index (χ0n) is 17.5. The van der Waals surface area contributed by atoms with Crippen LogP contribution in [0.15, 0.2) is 18.2 Å². The largest absolute Gasteiger partial charge is 0.365 e. The van der Waals surface area contributed by atoms with Crippen molar-refractivity contribution in [1.82, 2.24) is 20.0 Å². The zero-order valence-corrected chi connectivity index (χ0v) is 18.2. The van der Waals surface area contributed by atoms with E-state index in [1.54, 1.807) is 9.58 Å². The first-order chi connectivity index (χ1) is 14.7. The van der Waals surface area contributed by atoms with Gasteiger partial charge in [-0.05, 0) is 48.3 Å². The molecular formula is C22H25ClFN5O2. The molecule has 9 heteroatoms. The molecule has 3 aliphatic rings. The zero-order chi connectivity index (χ0) is 22.1.